The Morgan fingerprint density at radius 3 is 1.84 bits per heavy atom. The number of phenols is 1. The largest absolute Gasteiger partial charge is 0.507 e. The molecule has 354 valence electrons. The van der Waals surface area contributed by atoms with Crippen LogP contribution in [0, 0.1) is 6.07 Å². The van der Waals surface area contributed by atoms with Gasteiger partial charge in [-0.3, -0.25) is 9.55 Å². The zero-order chi connectivity index (χ0) is 51.1. The zero-order valence-electron chi connectivity index (χ0n) is 45.7. The van der Waals surface area contributed by atoms with E-state index in [9.17, 15) is 9.22 Å². The van der Waals surface area contributed by atoms with Crippen LogP contribution in [0.15, 0.2) is 128 Å². The maximum absolute atomic E-state index is 12.4. The molecule has 2 heterocycles. The van der Waals surface area contributed by atoms with Crippen LogP contribution in [0.2, 0.25) is 0 Å². The van der Waals surface area contributed by atoms with Crippen molar-refractivity contribution in [2.24, 2.45) is 0 Å². The summed E-state index contributed by atoms with van der Waals surface area (Å²) >= 11 is 0. The van der Waals surface area contributed by atoms with Crippen molar-refractivity contribution in [3.8, 4) is 67.5 Å². The van der Waals surface area contributed by atoms with Crippen molar-refractivity contribution in [2.45, 2.75) is 138 Å². The molecule has 0 spiro atoms. The number of imidazole rings is 1. The number of pyridine rings is 1. The second-order valence-corrected chi connectivity index (χ2v) is 22.1. The molecule has 0 aliphatic rings. The van der Waals surface area contributed by atoms with Crippen LogP contribution >= 0.6 is 0 Å². The Kier molecular flexibility index (Phi) is 13.0. The molecule has 0 saturated carbocycles. The molecule has 8 rings (SSSR count). The van der Waals surface area contributed by atoms with Gasteiger partial charge in [0, 0.05) is 42.8 Å². The minimum atomic E-state index is -1.19. The van der Waals surface area contributed by atoms with Crippen LogP contribution in [-0.2, 0) is 37.3 Å². The molecular formula is C63H70N3OPt-. The van der Waals surface area contributed by atoms with Crippen molar-refractivity contribution >= 4 is 11.0 Å². The molecule has 5 heteroatoms. The van der Waals surface area contributed by atoms with Crippen LogP contribution < -0.4 is 0 Å². The van der Waals surface area contributed by atoms with Crippen LogP contribution in [0.3, 0.4) is 0 Å². The predicted molar refractivity (Wildman–Crippen MR) is 285 cm³/mol. The molecule has 4 nitrogen and oxygen atoms in total. The van der Waals surface area contributed by atoms with Gasteiger partial charge >= 0.3 is 0 Å². The molecule has 8 aromatic rings. The molecule has 0 saturated heterocycles. The van der Waals surface area contributed by atoms with E-state index in [1.807, 2.05) is 46.0 Å². The van der Waals surface area contributed by atoms with Gasteiger partial charge in [-0.15, -0.1) is 29.3 Å². The maximum Gasteiger partial charge on any atom is 0.148 e. The van der Waals surface area contributed by atoms with E-state index in [0.717, 1.165) is 67.0 Å². The summed E-state index contributed by atoms with van der Waals surface area (Å²) in [4.78, 5) is 10.5. The quantitative estimate of drug-likeness (QED) is 0.147. The third-order valence-corrected chi connectivity index (χ3v) is 13.1. The van der Waals surface area contributed by atoms with E-state index >= 15 is 0 Å². The van der Waals surface area contributed by atoms with Gasteiger partial charge in [-0.1, -0.05) is 194 Å². The van der Waals surface area contributed by atoms with E-state index in [4.69, 9.17) is 9.97 Å². The number of benzene rings is 6. The second-order valence-electron chi connectivity index (χ2n) is 22.1. The summed E-state index contributed by atoms with van der Waals surface area (Å²) in [6, 6.07) is 45.8. The van der Waals surface area contributed by atoms with Gasteiger partial charge in [0.15, 0.2) is 0 Å². The fourth-order valence-corrected chi connectivity index (χ4v) is 9.13. The van der Waals surface area contributed by atoms with Crippen molar-refractivity contribution in [2.75, 3.05) is 0 Å². The first kappa shape index (κ1) is 46.2. The summed E-state index contributed by atoms with van der Waals surface area (Å²) in [5, 5.41) is 12.4. The Balaban J connectivity index is 0.00000741. The summed E-state index contributed by atoms with van der Waals surface area (Å²) in [7, 11) is 0. The fourth-order valence-electron chi connectivity index (χ4n) is 9.13. The van der Waals surface area contributed by atoms with Gasteiger partial charge in [0.05, 0.1) is 16.6 Å². The number of fused-ring (bicyclic) bond motifs is 1. The van der Waals surface area contributed by atoms with Crippen molar-refractivity contribution in [3.05, 3.63) is 167 Å². The number of nitrogens with zero attached hydrogens (tertiary/aromatic N) is 3. The molecule has 0 aliphatic heterocycles. The molecule has 0 fully saturated rings. The van der Waals surface area contributed by atoms with Crippen LogP contribution in [0.4, 0.5) is 0 Å². The van der Waals surface area contributed by atoms with Crippen molar-refractivity contribution in [3.63, 3.8) is 0 Å². The third kappa shape index (κ3) is 9.95. The SMILES string of the molecule is [2H]C(C)(C)c1cc(-c2nc3c(-c4[c-]c(-c5cc(-c6ccc(C(C)(C)C)cc6)ccn5)cc(C(C)(C)C)c4)cccc3n2-c2ccc(-c3ccccc3C(C)(C)C)c(C([2H])(C)C)c2)c(O)c(C([2H])(C)C)c1.[Pt]. The molecule has 1 N–H and O–H groups in total. The van der Waals surface area contributed by atoms with Crippen LogP contribution in [0.25, 0.3) is 72.7 Å². The first-order chi connectivity index (χ1) is 32.4. The van der Waals surface area contributed by atoms with Gasteiger partial charge in [0.2, 0.25) is 0 Å². The summed E-state index contributed by atoms with van der Waals surface area (Å²) in [6.45, 7) is 31.0. The van der Waals surface area contributed by atoms with E-state index in [2.05, 4.69) is 176 Å². The Morgan fingerprint density at radius 1 is 0.559 bits per heavy atom. The normalized spacial score (nSPS) is 13.5. The molecule has 6 aromatic carbocycles. The van der Waals surface area contributed by atoms with Crippen LogP contribution in [0.1, 0.15) is 159 Å². The van der Waals surface area contributed by atoms with Gasteiger partial charge in [-0.05, 0) is 114 Å². The Labute approximate surface area is 425 Å². The minimum Gasteiger partial charge on any atom is -0.507 e. The molecule has 0 amide bonds. The van der Waals surface area contributed by atoms with Crippen LogP contribution in [0.5, 0.6) is 5.75 Å². The maximum atomic E-state index is 12.4. The van der Waals surface area contributed by atoms with Gasteiger partial charge < -0.3 is 5.11 Å². The van der Waals surface area contributed by atoms with E-state index in [1.165, 1.54) is 11.1 Å². The number of rotatable bonds is 9. The first-order valence-corrected chi connectivity index (χ1v) is 23.7. The molecular weight excluding hydrogens is 1010 g/mol. The van der Waals surface area contributed by atoms with Crippen molar-refractivity contribution in [1.29, 1.82) is 0 Å². The molecule has 0 bridgehead atoms. The average Bonchev–Trinajstić information content (AvgIpc) is 3.66. The topological polar surface area (TPSA) is 50.9 Å². The molecule has 0 atom stereocenters. The van der Waals surface area contributed by atoms with Gasteiger partial charge in [0.1, 0.15) is 11.6 Å². The number of aromatic hydroxyl groups is 1. The number of hydrogen-bond donors (Lipinski definition) is 1. The number of phenolic OH excluding ortho intramolecular Hbond substituents is 1. The Hall–Kier alpha value is -5.57. The van der Waals surface area contributed by atoms with E-state index in [0.29, 0.717) is 28.0 Å². The Bertz CT molecular complexity index is 3270. The summed E-state index contributed by atoms with van der Waals surface area (Å²) in [5.41, 5.74) is 15.5. The van der Waals surface area contributed by atoms with Gasteiger partial charge in [-0.25, -0.2) is 4.98 Å². The standard InChI is InChI=1S/C63H70N3O.Pt/c1-38(2)43-34-53(40(5)6)59(67)54(35-43)60-65-58-49(20-18-22-57(58)66(60)48-27-28-50(52(37-48)39(3)4)51-19-16-17-21-55(51)63(13,14)15)44-31-45(33-47(32-44)62(10,11)12)56-36-42(29-30-64-56)41-23-25-46(26-24-41)61(7,8)9;/h16-30,32-40,67H,1-15H3;/q-1;/i38D,39D,40D;. The summed E-state index contributed by atoms with van der Waals surface area (Å²) in [6.07, 6.45) is 1.87. The second kappa shape index (κ2) is 19.1. The molecule has 2 aromatic heterocycles. The van der Waals surface area contributed by atoms with E-state index < -0.39 is 17.7 Å². The summed E-state index contributed by atoms with van der Waals surface area (Å²) < 4.78 is 30.1. The minimum absolute atomic E-state index is 0. The van der Waals surface area contributed by atoms with Crippen molar-refractivity contribution in [1.82, 2.24) is 14.5 Å². The number of para-hydroxylation sites is 1. The number of hydrogen-bond acceptors (Lipinski definition) is 3. The predicted octanol–water partition coefficient (Wildman–Crippen LogP) is 17.5. The first-order valence-electron chi connectivity index (χ1n) is 25.2. The molecule has 68 heavy (non-hydrogen) atoms. The number of aromatic nitrogens is 3. The fraction of sp³-hybridized carbons (Fsp3) is 0.333. The zero-order valence-corrected chi connectivity index (χ0v) is 45.0. The third-order valence-electron chi connectivity index (χ3n) is 13.1. The average molecular weight is 1080 g/mol. The summed E-state index contributed by atoms with van der Waals surface area (Å²) in [5.74, 6) is -2.82. The molecule has 0 aliphatic carbocycles. The van der Waals surface area contributed by atoms with E-state index in [-0.39, 0.29) is 43.1 Å². The smallest absolute Gasteiger partial charge is 0.148 e. The van der Waals surface area contributed by atoms with Gasteiger partial charge in [0.25, 0.3) is 0 Å². The van der Waals surface area contributed by atoms with Crippen molar-refractivity contribution < 1.29 is 30.3 Å². The Morgan fingerprint density at radius 2 is 1.21 bits per heavy atom. The molecule has 0 unspecified atom stereocenters. The van der Waals surface area contributed by atoms with Crippen LogP contribution in [-0.4, -0.2) is 19.6 Å². The van der Waals surface area contributed by atoms with Gasteiger partial charge in [-0.2, -0.15) is 0 Å². The monoisotopic (exact) mass is 1080 g/mol. The van der Waals surface area contributed by atoms with E-state index in [1.54, 1.807) is 19.9 Å². The molecule has 0 radical (unpaired) electrons.